The number of hydrogen-bond donors (Lipinski definition) is 0. The number of rotatable bonds is 7. The summed E-state index contributed by atoms with van der Waals surface area (Å²) in [5, 5.41) is 4.78. The van der Waals surface area contributed by atoms with Crippen LogP contribution >= 0.6 is 11.8 Å². The number of benzene rings is 1. The molecule has 2 aromatic heterocycles. The molecule has 160 valence electrons. The van der Waals surface area contributed by atoms with Crippen LogP contribution in [0.25, 0.3) is 5.65 Å². The molecular formula is C20H25N5O3S2. The Morgan fingerprint density at radius 3 is 2.40 bits per heavy atom. The summed E-state index contributed by atoms with van der Waals surface area (Å²) < 4.78 is 28.3. The van der Waals surface area contributed by atoms with E-state index in [4.69, 9.17) is 0 Å². The van der Waals surface area contributed by atoms with Crippen LogP contribution in [0.15, 0.2) is 51.2 Å². The van der Waals surface area contributed by atoms with Crippen molar-refractivity contribution in [1.29, 1.82) is 0 Å². The van der Waals surface area contributed by atoms with Crippen molar-refractivity contribution < 1.29 is 13.2 Å². The fraction of sp³-hybridized carbons (Fsp3) is 0.350. The minimum absolute atomic E-state index is 0.0231. The normalized spacial score (nSPS) is 11.9. The molecule has 30 heavy (non-hydrogen) atoms. The first-order chi connectivity index (χ1) is 14.2. The third-order valence-electron chi connectivity index (χ3n) is 4.66. The monoisotopic (exact) mass is 447 g/mol. The van der Waals surface area contributed by atoms with Crippen LogP contribution < -0.4 is 0 Å². The predicted octanol–water partition coefficient (Wildman–Crippen LogP) is 2.23. The molecule has 0 saturated carbocycles. The predicted molar refractivity (Wildman–Crippen MR) is 117 cm³/mol. The van der Waals surface area contributed by atoms with E-state index in [0.717, 1.165) is 0 Å². The van der Waals surface area contributed by atoms with E-state index in [1.807, 2.05) is 19.0 Å². The van der Waals surface area contributed by atoms with Crippen LogP contribution in [0, 0.1) is 6.92 Å². The molecule has 0 N–H and O–H groups in total. The summed E-state index contributed by atoms with van der Waals surface area (Å²) in [6.45, 7) is 3.02. The quantitative estimate of drug-likeness (QED) is 0.513. The third kappa shape index (κ3) is 4.21. The van der Waals surface area contributed by atoms with Crippen LogP contribution in [0.1, 0.15) is 16.2 Å². The maximum absolute atomic E-state index is 13.4. The van der Waals surface area contributed by atoms with E-state index in [1.165, 1.54) is 16.3 Å². The zero-order valence-corrected chi connectivity index (χ0v) is 19.3. The molecule has 0 unspecified atom stereocenters. The second-order valence-corrected chi connectivity index (χ2v) is 9.88. The highest BCUT2D eigenvalue weighted by molar-refractivity contribution is 7.99. The van der Waals surface area contributed by atoms with Crippen molar-refractivity contribution in [3.05, 3.63) is 47.8 Å². The Morgan fingerprint density at radius 2 is 1.80 bits per heavy atom. The van der Waals surface area contributed by atoms with Crippen molar-refractivity contribution in [2.24, 2.45) is 0 Å². The summed E-state index contributed by atoms with van der Waals surface area (Å²) >= 11 is 1.23. The van der Waals surface area contributed by atoms with Gasteiger partial charge in [0, 0.05) is 25.8 Å². The topological polar surface area (TPSA) is 87.9 Å². The molecule has 1 amide bonds. The number of aromatic nitrogens is 3. The summed E-state index contributed by atoms with van der Waals surface area (Å²) in [5.74, 6) is -0.266. The molecule has 0 bridgehead atoms. The second kappa shape index (κ2) is 8.75. The highest BCUT2D eigenvalue weighted by atomic mass is 32.2. The van der Waals surface area contributed by atoms with Crippen molar-refractivity contribution in [2.75, 3.05) is 40.5 Å². The van der Waals surface area contributed by atoms with Crippen LogP contribution in [0.4, 0.5) is 0 Å². The van der Waals surface area contributed by atoms with Crippen molar-refractivity contribution >= 4 is 33.2 Å². The van der Waals surface area contributed by atoms with Gasteiger partial charge in [-0.05, 0) is 45.5 Å². The Hall–Kier alpha value is -2.43. The molecule has 0 atom stereocenters. The van der Waals surface area contributed by atoms with Gasteiger partial charge in [-0.15, -0.1) is 11.8 Å². The molecule has 0 saturated heterocycles. The van der Waals surface area contributed by atoms with E-state index in [-0.39, 0.29) is 27.0 Å². The number of fused-ring (bicyclic) bond motifs is 1. The standard InChI is InChI=1S/C20H25N5O3S2/c1-14-13-16(20(26)24(4)12-11-23(2)3)21-18-17(19(29-5)22-25(14)18)30(27,28)15-9-7-6-8-10-15/h6-10,13H,11-12H2,1-5H3. The van der Waals surface area contributed by atoms with Gasteiger partial charge >= 0.3 is 0 Å². The molecule has 10 heteroatoms. The van der Waals surface area contributed by atoms with Crippen LogP contribution in [-0.4, -0.2) is 79.2 Å². The number of carbonyl (C=O) groups is 1. The van der Waals surface area contributed by atoms with Gasteiger partial charge in [0.1, 0.15) is 10.7 Å². The molecule has 0 aliphatic rings. The maximum Gasteiger partial charge on any atom is 0.272 e. The first kappa shape index (κ1) is 22.3. The molecule has 2 heterocycles. The van der Waals surface area contributed by atoms with Crippen molar-refractivity contribution in [3.63, 3.8) is 0 Å². The summed E-state index contributed by atoms with van der Waals surface area (Å²) in [6, 6.07) is 9.82. The smallest absolute Gasteiger partial charge is 0.272 e. The van der Waals surface area contributed by atoms with Gasteiger partial charge in [0.15, 0.2) is 10.5 Å². The van der Waals surface area contributed by atoms with Gasteiger partial charge in [-0.25, -0.2) is 17.9 Å². The Morgan fingerprint density at radius 1 is 1.13 bits per heavy atom. The average Bonchev–Trinajstić information content (AvgIpc) is 3.12. The first-order valence-electron chi connectivity index (χ1n) is 9.31. The molecule has 3 rings (SSSR count). The molecule has 0 aliphatic heterocycles. The Bertz CT molecular complexity index is 1170. The van der Waals surface area contributed by atoms with E-state index >= 15 is 0 Å². The minimum atomic E-state index is -3.86. The van der Waals surface area contributed by atoms with Crippen LogP contribution in [0.2, 0.25) is 0 Å². The number of nitrogens with zero attached hydrogens (tertiary/aromatic N) is 5. The van der Waals surface area contributed by atoms with Gasteiger partial charge in [-0.3, -0.25) is 4.79 Å². The fourth-order valence-corrected chi connectivity index (χ4v) is 5.38. The highest BCUT2D eigenvalue weighted by Gasteiger charge is 2.30. The molecule has 0 fully saturated rings. The van der Waals surface area contributed by atoms with E-state index in [2.05, 4.69) is 10.1 Å². The zero-order valence-electron chi connectivity index (χ0n) is 17.7. The van der Waals surface area contributed by atoms with Crippen LogP contribution in [-0.2, 0) is 9.84 Å². The van der Waals surface area contributed by atoms with Gasteiger partial charge in [0.05, 0.1) is 4.90 Å². The van der Waals surface area contributed by atoms with Gasteiger partial charge in [-0.2, -0.15) is 5.10 Å². The Labute approximate surface area is 180 Å². The summed E-state index contributed by atoms with van der Waals surface area (Å²) in [5.41, 5.74) is 0.986. The third-order valence-corrected chi connectivity index (χ3v) is 7.27. The van der Waals surface area contributed by atoms with Crippen molar-refractivity contribution in [2.45, 2.75) is 21.7 Å². The highest BCUT2D eigenvalue weighted by Crippen LogP contribution is 2.32. The van der Waals surface area contributed by atoms with E-state index in [1.54, 1.807) is 61.5 Å². The number of carbonyl (C=O) groups excluding carboxylic acids is 1. The lowest BCUT2D eigenvalue weighted by Gasteiger charge is -2.19. The Kier molecular flexibility index (Phi) is 6.49. The van der Waals surface area contributed by atoms with Crippen LogP contribution in [0.3, 0.4) is 0 Å². The molecule has 3 aromatic rings. The van der Waals surface area contributed by atoms with Gasteiger partial charge in [-0.1, -0.05) is 18.2 Å². The molecule has 0 aliphatic carbocycles. The largest absolute Gasteiger partial charge is 0.339 e. The lowest BCUT2D eigenvalue weighted by molar-refractivity contribution is 0.0780. The molecule has 0 spiro atoms. The van der Waals surface area contributed by atoms with Crippen molar-refractivity contribution in [3.8, 4) is 0 Å². The second-order valence-electron chi connectivity index (χ2n) is 7.20. The van der Waals surface area contributed by atoms with Crippen LogP contribution in [0.5, 0.6) is 0 Å². The number of likely N-dealkylation sites (N-methyl/N-ethyl adjacent to an activating group) is 2. The lowest BCUT2D eigenvalue weighted by atomic mass is 10.3. The SMILES string of the molecule is CSc1nn2c(C)cc(C(=O)N(C)CCN(C)C)nc2c1S(=O)(=O)c1ccccc1. The summed E-state index contributed by atoms with van der Waals surface area (Å²) in [4.78, 5) is 21.1. The van der Waals surface area contributed by atoms with Gasteiger partial charge < -0.3 is 9.80 Å². The number of amides is 1. The van der Waals surface area contributed by atoms with Crippen molar-refractivity contribution in [1.82, 2.24) is 24.4 Å². The molecule has 8 nitrogen and oxygen atoms in total. The maximum atomic E-state index is 13.4. The van der Waals surface area contributed by atoms with E-state index < -0.39 is 9.84 Å². The van der Waals surface area contributed by atoms with Gasteiger partial charge in [0.2, 0.25) is 9.84 Å². The molecule has 1 aromatic carbocycles. The fourth-order valence-electron chi connectivity index (χ4n) is 2.97. The van der Waals surface area contributed by atoms with Gasteiger partial charge in [0.25, 0.3) is 5.91 Å². The number of hydrogen-bond acceptors (Lipinski definition) is 7. The average molecular weight is 448 g/mol. The van der Waals surface area contributed by atoms with E-state index in [9.17, 15) is 13.2 Å². The summed E-state index contributed by atoms with van der Waals surface area (Å²) in [6.07, 6.45) is 1.77. The summed E-state index contributed by atoms with van der Waals surface area (Å²) in [7, 11) is 1.71. The number of sulfone groups is 1. The van der Waals surface area contributed by atoms with E-state index in [0.29, 0.717) is 23.8 Å². The lowest BCUT2D eigenvalue weighted by Crippen LogP contribution is -2.34. The minimum Gasteiger partial charge on any atom is -0.339 e. The number of thioether (sulfide) groups is 1. The zero-order chi connectivity index (χ0) is 22.1. The first-order valence-corrected chi connectivity index (χ1v) is 12.0. The molecule has 0 radical (unpaired) electrons. The number of aryl methyl sites for hydroxylation is 1. The molecular weight excluding hydrogens is 422 g/mol. The Balaban J connectivity index is 2.16.